The van der Waals surface area contributed by atoms with E-state index in [0.29, 0.717) is 11.8 Å². The third kappa shape index (κ3) is 3.06. The summed E-state index contributed by atoms with van der Waals surface area (Å²) in [5.74, 6) is 0.872. The molecule has 2 aromatic rings. The number of rotatable bonds is 2. The van der Waals surface area contributed by atoms with Crippen LogP contribution < -0.4 is 5.32 Å². The van der Waals surface area contributed by atoms with Crippen LogP contribution in [0.4, 0.5) is 4.79 Å². The highest BCUT2D eigenvalue weighted by molar-refractivity contribution is 6.06. The van der Waals surface area contributed by atoms with Gasteiger partial charge in [0.25, 0.3) is 5.91 Å². The van der Waals surface area contributed by atoms with Crippen molar-refractivity contribution in [2.45, 2.75) is 101 Å². The van der Waals surface area contributed by atoms with Gasteiger partial charge in [-0.05, 0) is 104 Å². The van der Waals surface area contributed by atoms with Crippen LogP contribution in [-0.2, 0) is 9.53 Å². The average Bonchev–Trinajstić information content (AvgIpc) is 3.49. The van der Waals surface area contributed by atoms with Crippen LogP contribution >= 0.6 is 0 Å². The molecule has 3 heterocycles. The number of hydrogen-bond donors (Lipinski definition) is 1. The van der Waals surface area contributed by atoms with Crippen molar-refractivity contribution in [2.24, 2.45) is 11.3 Å². The second-order valence-electron chi connectivity index (χ2n) is 13.9. The van der Waals surface area contributed by atoms with Gasteiger partial charge < -0.3 is 10.1 Å². The molecule has 39 heavy (non-hydrogen) atoms. The smallest absolute Gasteiger partial charge is 0.325 e. The summed E-state index contributed by atoms with van der Waals surface area (Å²) in [6, 6.07) is 15.4. The van der Waals surface area contributed by atoms with Crippen LogP contribution in [0, 0.1) is 11.3 Å². The van der Waals surface area contributed by atoms with Gasteiger partial charge in [0.05, 0.1) is 11.2 Å². The topological polar surface area (TPSA) is 58.6 Å². The Balaban J connectivity index is 1.13. The Morgan fingerprint density at radius 1 is 0.974 bits per heavy atom. The molecule has 5 nitrogen and oxygen atoms in total. The van der Waals surface area contributed by atoms with Gasteiger partial charge in [-0.25, -0.2) is 4.79 Å². The normalized spacial score (nSPS) is 40.1. The first-order chi connectivity index (χ1) is 18.7. The van der Waals surface area contributed by atoms with Crippen LogP contribution in [0.5, 0.6) is 0 Å². The molecule has 2 bridgehead atoms. The lowest BCUT2D eigenvalue weighted by molar-refractivity contribution is -0.145. The first kappa shape index (κ1) is 23.9. The van der Waals surface area contributed by atoms with Gasteiger partial charge in [0.2, 0.25) is 0 Å². The van der Waals surface area contributed by atoms with E-state index in [9.17, 15) is 9.59 Å². The van der Waals surface area contributed by atoms with E-state index in [0.717, 1.165) is 38.5 Å². The van der Waals surface area contributed by atoms with E-state index < -0.39 is 5.54 Å². The SMILES string of the molecule is CC1(C)NC(=O)N([C@@H]2CCC3=CC4=CC[C@]5(C)[C@@H](c6ccc7ccccc7c6)CC[C@H]5[C@@]45CCC3(C2)O5)C1=O. The van der Waals surface area contributed by atoms with Crippen molar-refractivity contribution in [2.75, 3.05) is 0 Å². The molecule has 2 saturated heterocycles. The Hall–Kier alpha value is -2.92. The molecule has 5 heteroatoms. The van der Waals surface area contributed by atoms with Gasteiger partial charge in [0, 0.05) is 12.5 Å². The molecule has 6 aliphatic rings. The summed E-state index contributed by atoms with van der Waals surface area (Å²) in [7, 11) is 0. The maximum absolute atomic E-state index is 13.1. The average molecular weight is 523 g/mol. The number of ether oxygens (including phenoxy) is 1. The number of nitrogens with zero attached hydrogens (tertiary/aromatic N) is 1. The summed E-state index contributed by atoms with van der Waals surface area (Å²) < 4.78 is 7.42. The Morgan fingerprint density at radius 3 is 2.59 bits per heavy atom. The fourth-order valence-corrected chi connectivity index (χ4v) is 9.68. The van der Waals surface area contributed by atoms with Crippen molar-refractivity contribution in [3.8, 4) is 0 Å². The maximum Gasteiger partial charge on any atom is 0.325 e. The predicted molar refractivity (Wildman–Crippen MR) is 151 cm³/mol. The molecule has 8 rings (SSSR count). The summed E-state index contributed by atoms with van der Waals surface area (Å²) in [5, 5.41) is 5.51. The van der Waals surface area contributed by atoms with Crippen LogP contribution in [0.25, 0.3) is 10.8 Å². The van der Waals surface area contributed by atoms with Crippen LogP contribution in [-0.4, -0.2) is 39.6 Å². The Kier molecular flexibility index (Phi) is 4.68. The largest absolute Gasteiger partial charge is 0.359 e. The Bertz CT molecular complexity index is 1500. The minimum atomic E-state index is -0.835. The van der Waals surface area contributed by atoms with Gasteiger partial charge in [0.15, 0.2) is 0 Å². The van der Waals surface area contributed by atoms with Crippen molar-refractivity contribution in [3.63, 3.8) is 0 Å². The molecule has 1 N–H and O–H groups in total. The van der Waals surface area contributed by atoms with Crippen molar-refractivity contribution >= 4 is 22.7 Å². The molecule has 2 saturated carbocycles. The zero-order valence-electron chi connectivity index (χ0n) is 23.3. The number of imide groups is 1. The number of urea groups is 1. The van der Waals surface area contributed by atoms with E-state index >= 15 is 0 Å². The van der Waals surface area contributed by atoms with E-state index in [1.807, 2.05) is 0 Å². The lowest BCUT2D eigenvalue weighted by atomic mass is 9.58. The van der Waals surface area contributed by atoms with E-state index in [4.69, 9.17) is 4.74 Å². The molecule has 6 atom stereocenters. The highest BCUT2D eigenvalue weighted by Crippen LogP contribution is 2.69. The fraction of sp³-hybridized carbons (Fsp3) is 0.529. The number of carbonyl (C=O) groups excluding carboxylic acids is 2. The minimum Gasteiger partial charge on any atom is -0.359 e. The van der Waals surface area contributed by atoms with E-state index in [1.165, 1.54) is 45.2 Å². The third-order valence-electron chi connectivity index (χ3n) is 11.6. The molecule has 202 valence electrons. The van der Waals surface area contributed by atoms with E-state index in [2.05, 4.69) is 66.9 Å². The zero-order valence-corrected chi connectivity index (χ0v) is 23.3. The molecule has 0 aromatic heterocycles. The predicted octanol–water partition coefficient (Wildman–Crippen LogP) is 6.78. The molecular weight excluding hydrogens is 484 g/mol. The molecule has 0 radical (unpaired) electrons. The monoisotopic (exact) mass is 522 g/mol. The molecule has 3 aliphatic heterocycles. The summed E-state index contributed by atoms with van der Waals surface area (Å²) in [5.41, 5.74) is 2.96. The lowest BCUT2D eigenvalue weighted by Crippen LogP contribution is -2.56. The number of amides is 3. The van der Waals surface area contributed by atoms with Crippen molar-refractivity contribution < 1.29 is 14.3 Å². The number of nitrogens with one attached hydrogen (secondary N) is 1. The second-order valence-corrected chi connectivity index (χ2v) is 13.9. The highest BCUT2D eigenvalue weighted by Gasteiger charge is 2.67. The molecule has 2 aromatic carbocycles. The van der Waals surface area contributed by atoms with Crippen LogP contribution in [0.15, 0.2) is 65.8 Å². The summed E-state index contributed by atoms with van der Waals surface area (Å²) in [6.07, 6.45) is 12.9. The van der Waals surface area contributed by atoms with Gasteiger partial charge >= 0.3 is 6.03 Å². The van der Waals surface area contributed by atoms with Gasteiger partial charge in [-0.2, -0.15) is 0 Å². The van der Waals surface area contributed by atoms with Crippen molar-refractivity contribution in [3.05, 3.63) is 71.3 Å². The minimum absolute atomic E-state index is 0.107. The Morgan fingerprint density at radius 2 is 1.79 bits per heavy atom. The highest BCUT2D eigenvalue weighted by atomic mass is 16.5. The summed E-state index contributed by atoms with van der Waals surface area (Å²) in [4.78, 5) is 27.5. The summed E-state index contributed by atoms with van der Waals surface area (Å²) in [6.45, 7) is 6.11. The fourth-order valence-electron chi connectivity index (χ4n) is 9.68. The molecule has 2 spiro atoms. The summed E-state index contributed by atoms with van der Waals surface area (Å²) >= 11 is 0. The first-order valence-electron chi connectivity index (χ1n) is 14.9. The maximum atomic E-state index is 13.1. The number of allylic oxidation sites excluding steroid dienone is 1. The first-order valence-corrected chi connectivity index (χ1v) is 14.9. The van der Waals surface area contributed by atoms with Crippen LogP contribution in [0.2, 0.25) is 0 Å². The van der Waals surface area contributed by atoms with E-state index in [-0.39, 0.29) is 34.6 Å². The number of hydrogen-bond acceptors (Lipinski definition) is 3. The Labute approximate surface area is 230 Å². The van der Waals surface area contributed by atoms with E-state index in [1.54, 1.807) is 13.8 Å². The van der Waals surface area contributed by atoms with Gasteiger partial charge in [-0.3, -0.25) is 9.69 Å². The van der Waals surface area contributed by atoms with Gasteiger partial charge in [-0.15, -0.1) is 0 Å². The molecule has 4 fully saturated rings. The van der Waals surface area contributed by atoms with Crippen LogP contribution in [0.1, 0.15) is 83.6 Å². The van der Waals surface area contributed by atoms with Gasteiger partial charge in [0.1, 0.15) is 5.54 Å². The molecule has 3 aliphatic carbocycles. The van der Waals surface area contributed by atoms with Crippen molar-refractivity contribution in [1.29, 1.82) is 0 Å². The quantitative estimate of drug-likeness (QED) is 0.442. The second kappa shape index (κ2) is 7.63. The number of carbonyl (C=O) groups is 2. The number of benzene rings is 2. The van der Waals surface area contributed by atoms with Crippen molar-refractivity contribution in [1.82, 2.24) is 10.2 Å². The standard InChI is InChI=1S/C34H38N2O3/c1-31(2)29(37)36(30(38)35-31)26-11-10-24-19-25-14-15-32(3)27(23-9-8-21-6-4-5-7-22(21)18-23)12-13-28(32)34(25)17-16-33(24,20-26)39-34/h4-9,14,18-19,26-28H,10-13,15-17,20H2,1-3H3,(H,35,38)/t26-,27-,28-,32-,33?,34-/m1/s1. The third-order valence-corrected chi connectivity index (χ3v) is 11.6. The lowest BCUT2D eigenvalue weighted by Gasteiger charge is -2.54. The molecular formula is C34H38N2O3. The zero-order chi connectivity index (χ0) is 26.8. The molecule has 3 amide bonds. The number of fused-ring (bicyclic) bond motifs is 2. The van der Waals surface area contributed by atoms with Crippen LogP contribution in [0.3, 0.4) is 0 Å². The van der Waals surface area contributed by atoms with Gasteiger partial charge in [-0.1, -0.05) is 61.5 Å². The molecule has 1 unspecified atom stereocenters.